The van der Waals surface area contributed by atoms with Crippen molar-refractivity contribution < 1.29 is 9.84 Å². The van der Waals surface area contributed by atoms with Gasteiger partial charge < -0.3 is 9.84 Å². The van der Waals surface area contributed by atoms with Crippen LogP contribution in [0.2, 0.25) is 0 Å². The van der Waals surface area contributed by atoms with E-state index in [1.807, 2.05) is 13.0 Å². The number of nitrogens with zero attached hydrogens (tertiary/aromatic N) is 3. The lowest BCUT2D eigenvalue weighted by molar-refractivity contribution is 0.184. The third kappa shape index (κ3) is 4.24. The zero-order chi connectivity index (χ0) is 22.0. The van der Waals surface area contributed by atoms with Crippen molar-refractivity contribution in [2.24, 2.45) is 16.4 Å². The second-order valence-corrected chi connectivity index (χ2v) is 9.77. The van der Waals surface area contributed by atoms with Crippen LogP contribution in [0.15, 0.2) is 29.6 Å². The molecular weight excluding hydrogens is 408 g/mol. The number of benzene rings is 1. The predicted octanol–water partition coefficient (Wildman–Crippen LogP) is 5.78. The lowest BCUT2D eigenvalue weighted by Crippen LogP contribution is -2.28. The Morgan fingerprint density at radius 2 is 2.16 bits per heavy atom. The molecule has 1 aliphatic rings. The van der Waals surface area contributed by atoms with E-state index >= 15 is 0 Å². The standard InChI is InChI=1S/C24H30N4O2S/c1-5-24(3,4)16-10-11-19-17(12-16)20-22(25-14-26-23(20)31-19)28-27-13-15-8-7-9-18(21(15)29)30-6-2/h7-9,13-14,16,29H,5-6,10-12H2,1-4H3,(H,25,26,28)/b27-13-. The van der Waals surface area contributed by atoms with Gasteiger partial charge >= 0.3 is 0 Å². The summed E-state index contributed by atoms with van der Waals surface area (Å²) in [7, 11) is 0. The van der Waals surface area contributed by atoms with E-state index in [4.69, 9.17) is 4.74 Å². The van der Waals surface area contributed by atoms with E-state index in [9.17, 15) is 5.11 Å². The molecule has 2 heterocycles. The van der Waals surface area contributed by atoms with Gasteiger partial charge in [-0.3, -0.25) is 5.43 Å². The van der Waals surface area contributed by atoms with E-state index in [1.165, 1.54) is 23.3 Å². The van der Waals surface area contributed by atoms with Crippen molar-refractivity contribution in [1.82, 2.24) is 9.97 Å². The Kier molecular flexibility index (Phi) is 6.14. The van der Waals surface area contributed by atoms with Crippen LogP contribution in [0, 0.1) is 11.3 Å². The SMILES string of the molecule is CCOc1cccc(/C=N\Nc2ncnc3sc4c(c23)CC(C(C)(C)CC)CC4)c1O. The summed E-state index contributed by atoms with van der Waals surface area (Å²) in [6, 6.07) is 5.37. The number of aryl methyl sites for hydroxylation is 1. The number of hydrazone groups is 1. The van der Waals surface area contributed by atoms with Crippen LogP contribution in [-0.4, -0.2) is 27.9 Å². The maximum Gasteiger partial charge on any atom is 0.166 e. The quantitative estimate of drug-likeness (QED) is 0.361. The Hall–Kier alpha value is -2.67. The Morgan fingerprint density at radius 3 is 2.94 bits per heavy atom. The number of hydrogen-bond acceptors (Lipinski definition) is 7. The summed E-state index contributed by atoms with van der Waals surface area (Å²) >= 11 is 1.77. The smallest absolute Gasteiger partial charge is 0.166 e. The number of phenolic OH excluding ortho intramolecular Hbond substituents is 1. The molecule has 6 nitrogen and oxygen atoms in total. The first-order valence-electron chi connectivity index (χ1n) is 10.9. The Labute approximate surface area is 187 Å². The lowest BCUT2D eigenvalue weighted by Gasteiger charge is -2.36. The number of ether oxygens (including phenoxy) is 1. The molecule has 4 rings (SSSR count). The molecule has 0 saturated heterocycles. The largest absolute Gasteiger partial charge is 0.504 e. The molecule has 0 aliphatic heterocycles. The molecule has 3 aromatic rings. The summed E-state index contributed by atoms with van der Waals surface area (Å²) in [6.45, 7) is 9.41. The van der Waals surface area contributed by atoms with Crippen LogP contribution in [0.4, 0.5) is 5.82 Å². The lowest BCUT2D eigenvalue weighted by atomic mass is 9.69. The zero-order valence-corrected chi connectivity index (χ0v) is 19.4. The van der Waals surface area contributed by atoms with Gasteiger partial charge in [-0.05, 0) is 55.2 Å². The van der Waals surface area contributed by atoms with Gasteiger partial charge in [-0.2, -0.15) is 5.10 Å². The monoisotopic (exact) mass is 438 g/mol. The number of hydrogen-bond donors (Lipinski definition) is 2. The van der Waals surface area contributed by atoms with E-state index in [0.29, 0.717) is 35.1 Å². The molecule has 0 saturated carbocycles. The number of phenols is 1. The second kappa shape index (κ2) is 8.83. The van der Waals surface area contributed by atoms with Gasteiger partial charge in [0, 0.05) is 10.4 Å². The molecule has 0 spiro atoms. The molecule has 1 aliphatic carbocycles. The van der Waals surface area contributed by atoms with Crippen molar-refractivity contribution >= 4 is 33.6 Å². The summed E-state index contributed by atoms with van der Waals surface area (Å²) < 4.78 is 5.45. The van der Waals surface area contributed by atoms with Crippen LogP contribution in [0.25, 0.3) is 10.2 Å². The summed E-state index contributed by atoms with van der Waals surface area (Å²) in [5.74, 6) is 1.90. The maximum absolute atomic E-state index is 10.4. The Bertz CT molecular complexity index is 1110. The normalized spacial score (nSPS) is 16.6. The zero-order valence-electron chi connectivity index (χ0n) is 18.6. The summed E-state index contributed by atoms with van der Waals surface area (Å²) in [4.78, 5) is 11.4. The number of anilines is 1. The summed E-state index contributed by atoms with van der Waals surface area (Å²) in [6.07, 6.45) is 7.73. The fourth-order valence-corrected chi connectivity index (χ4v) is 5.41. The van der Waals surface area contributed by atoms with Crippen molar-refractivity contribution in [3.63, 3.8) is 0 Å². The number of aromatic hydroxyl groups is 1. The Balaban J connectivity index is 1.62. The number of thiophene rings is 1. The highest BCUT2D eigenvalue weighted by Crippen LogP contribution is 2.45. The molecule has 1 unspecified atom stereocenters. The van der Waals surface area contributed by atoms with Gasteiger partial charge in [-0.1, -0.05) is 33.3 Å². The highest BCUT2D eigenvalue weighted by atomic mass is 32.1. The van der Waals surface area contributed by atoms with Crippen LogP contribution < -0.4 is 10.2 Å². The molecule has 7 heteroatoms. The molecule has 0 bridgehead atoms. The van der Waals surface area contributed by atoms with Gasteiger partial charge in [0.15, 0.2) is 17.3 Å². The molecule has 0 radical (unpaired) electrons. The maximum atomic E-state index is 10.4. The number of fused-ring (bicyclic) bond motifs is 3. The average Bonchev–Trinajstić information content (AvgIpc) is 3.15. The average molecular weight is 439 g/mol. The second-order valence-electron chi connectivity index (χ2n) is 8.69. The van der Waals surface area contributed by atoms with Gasteiger partial charge in [-0.25, -0.2) is 9.97 Å². The van der Waals surface area contributed by atoms with Crippen LogP contribution in [0.3, 0.4) is 0 Å². The van der Waals surface area contributed by atoms with Crippen molar-refractivity contribution in [3.8, 4) is 11.5 Å². The van der Waals surface area contributed by atoms with Crippen LogP contribution in [0.1, 0.15) is 56.5 Å². The molecule has 31 heavy (non-hydrogen) atoms. The fourth-order valence-electron chi connectivity index (χ4n) is 4.23. The predicted molar refractivity (Wildman–Crippen MR) is 127 cm³/mol. The molecular formula is C24H30N4O2S. The van der Waals surface area contributed by atoms with Gasteiger partial charge in [0.05, 0.1) is 18.2 Å². The first kappa shape index (κ1) is 21.6. The summed E-state index contributed by atoms with van der Waals surface area (Å²) in [5.41, 5.74) is 5.36. The third-order valence-corrected chi connectivity index (χ3v) is 7.76. The van der Waals surface area contributed by atoms with E-state index in [2.05, 4.69) is 41.3 Å². The molecule has 1 atom stereocenters. The summed E-state index contributed by atoms with van der Waals surface area (Å²) in [5, 5.41) is 15.8. The van der Waals surface area contributed by atoms with Gasteiger partial charge in [0.2, 0.25) is 0 Å². The number of aromatic nitrogens is 2. The van der Waals surface area contributed by atoms with Crippen LogP contribution >= 0.6 is 11.3 Å². The van der Waals surface area contributed by atoms with Crippen LogP contribution in [-0.2, 0) is 12.8 Å². The van der Waals surface area contributed by atoms with Crippen molar-refractivity contribution in [2.45, 2.75) is 53.4 Å². The first-order chi connectivity index (χ1) is 14.9. The number of para-hydroxylation sites is 1. The number of rotatable bonds is 7. The van der Waals surface area contributed by atoms with Crippen molar-refractivity contribution in [1.29, 1.82) is 0 Å². The fraction of sp³-hybridized carbons (Fsp3) is 0.458. The van der Waals surface area contributed by atoms with E-state index in [-0.39, 0.29) is 5.75 Å². The highest BCUT2D eigenvalue weighted by Gasteiger charge is 2.33. The minimum atomic E-state index is 0.0836. The minimum absolute atomic E-state index is 0.0836. The first-order valence-corrected chi connectivity index (χ1v) is 11.7. The molecule has 2 N–H and O–H groups in total. The van der Waals surface area contributed by atoms with Gasteiger partial charge in [0.25, 0.3) is 0 Å². The molecule has 0 fully saturated rings. The minimum Gasteiger partial charge on any atom is -0.504 e. The number of nitrogens with one attached hydrogen (secondary N) is 1. The van der Waals surface area contributed by atoms with E-state index in [0.717, 1.165) is 23.1 Å². The molecule has 2 aromatic heterocycles. The third-order valence-electron chi connectivity index (χ3n) is 6.56. The van der Waals surface area contributed by atoms with E-state index < -0.39 is 0 Å². The molecule has 164 valence electrons. The topological polar surface area (TPSA) is 79.6 Å². The van der Waals surface area contributed by atoms with E-state index in [1.54, 1.807) is 36.0 Å². The Morgan fingerprint density at radius 1 is 1.32 bits per heavy atom. The molecule has 1 aromatic carbocycles. The van der Waals surface area contributed by atoms with Crippen molar-refractivity contribution in [2.75, 3.05) is 12.0 Å². The van der Waals surface area contributed by atoms with Crippen molar-refractivity contribution in [3.05, 3.63) is 40.5 Å². The van der Waals surface area contributed by atoms with Gasteiger partial charge in [0.1, 0.15) is 11.2 Å². The van der Waals surface area contributed by atoms with Gasteiger partial charge in [-0.15, -0.1) is 11.3 Å². The highest BCUT2D eigenvalue weighted by molar-refractivity contribution is 7.19. The molecule has 0 amide bonds. The van der Waals surface area contributed by atoms with Crippen LogP contribution in [0.5, 0.6) is 11.5 Å².